The van der Waals surface area contributed by atoms with Gasteiger partial charge in [-0.05, 0) is 39.2 Å². The van der Waals surface area contributed by atoms with Crippen LogP contribution in [0.25, 0.3) is 0 Å². The molecule has 1 aliphatic rings. The van der Waals surface area contributed by atoms with Crippen molar-refractivity contribution >= 4 is 10.0 Å². The summed E-state index contributed by atoms with van der Waals surface area (Å²) in [6, 6.07) is 0.503. The Labute approximate surface area is 112 Å². The monoisotopic (exact) mass is 276 g/mol. The Hall–Kier alpha value is -0.130. The zero-order valence-electron chi connectivity index (χ0n) is 12.0. The molecule has 0 aromatic rings. The van der Waals surface area contributed by atoms with E-state index < -0.39 is 10.0 Å². The van der Waals surface area contributed by atoms with Crippen LogP contribution in [0.2, 0.25) is 0 Å². The molecule has 108 valence electrons. The minimum absolute atomic E-state index is 0.110. The van der Waals surface area contributed by atoms with Gasteiger partial charge in [0.15, 0.2) is 0 Å². The molecular weight excluding hydrogens is 248 g/mol. The second kappa shape index (κ2) is 7.46. The normalized spacial score (nSPS) is 23.2. The van der Waals surface area contributed by atoms with Crippen molar-refractivity contribution in [3.8, 4) is 0 Å². The summed E-state index contributed by atoms with van der Waals surface area (Å²) in [6.45, 7) is 7.55. The molecule has 1 aliphatic heterocycles. The Morgan fingerprint density at radius 3 is 2.56 bits per heavy atom. The van der Waals surface area contributed by atoms with Crippen LogP contribution in [0.3, 0.4) is 0 Å². The first-order valence-electron chi connectivity index (χ1n) is 7.24. The number of sulfonamides is 1. The first kappa shape index (κ1) is 15.9. The van der Waals surface area contributed by atoms with Crippen LogP contribution >= 0.6 is 0 Å². The van der Waals surface area contributed by atoms with E-state index in [-0.39, 0.29) is 11.8 Å². The topological polar surface area (TPSA) is 49.4 Å². The lowest BCUT2D eigenvalue weighted by atomic mass is 10.0. The summed E-state index contributed by atoms with van der Waals surface area (Å²) in [7, 11) is -3.09. The van der Waals surface area contributed by atoms with Gasteiger partial charge in [-0.3, -0.25) is 0 Å². The van der Waals surface area contributed by atoms with Crippen molar-refractivity contribution in [2.75, 3.05) is 18.8 Å². The molecule has 0 aromatic heterocycles. The second-order valence-electron chi connectivity index (χ2n) is 5.21. The average Bonchev–Trinajstić information content (AvgIpc) is 2.38. The highest BCUT2D eigenvalue weighted by Gasteiger charge is 2.26. The fraction of sp³-hybridized carbons (Fsp3) is 1.00. The molecule has 1 rings (SSSR count). The lowest BCUT2D eigenvalue weighted by Crippen LogP contribution is -2.42. The SMILES string of the molecule is CCC(C)N(CC)S(=O)(=O)CCC1CCCCN1. The molecule has 4 nitrogen and oxygen atoms in total. The molecule has 0 amide bonds. The zero-order chi connectivity index (χ0) is 13.6. The van der Waals surface area contributed by atoms with Crippen LogP contribution in [0.1, 0.15) is 52.9 Å². The van der Waals surface area contributed by atoms with Crippen molar-refractivity contribution in [3.63, 3.8) is 0 Å². The molecule has 1 heterocycles. The lowest BCUT2D eigenvalue weighted by Gasteiger charge is -2.28. The van der Waals surface area contributed by atoms with E-state index in [0.717, 1.165) is 25.8 Å². The third-order valence-electron chi connectivity index (χ3n) is 3.89. The van der Waals surface area contributed by atoms with E-state index in [0.29, 0.717) is 12.6 Å². The van der Waals surface area contributed by atoms with Crippen LogP contribution in [0.15, 0.2) is 0 Å². The highest BCUT2D eigenvalue weighted by atomic mass is 32.2. The molecule has 2 unspecified atom stereocenters. The van der Waals surface area contributed by atoms with Gasteiger partial charge in [0.1, 0.15) is 0 Å². The third kappa shape index (κ3) is 4.52. The summed E-state index contributed by atoms with van der Waals surface area (Å²) >= 11 is 0. The largest absolute Gasteiger partial charge is 0.314 e. The molecule has 1 fully saturated rings. The van der Waals surface area contributed by atoms with Crippen LogP contribution in [-0.4, -0.2) is 43.6 Å². The predicted octanol–water partition coefficient (Wildman–Crippen LogP) is 1.97. The maximum atomic E-state index is 12.3. The molecule has 2 atom stereocenters. The molecule has 0 aromatic carbocycles. The summed E-state index contributed by atoms with van der Waals surface area (Å²) in [5.74, 6) is 0.281. The number of hydrogen-bond acceptors (Lipinski definition) is 3. The summed E-state index contributed by atoms with van der Waals surface area (Å²) in [6.07, 6.45) is 5.17. The maximum Gasteiger partial charge on any atom is 0.214 e. The number of hydrogen-bond donors (Lipinski definition) is 1. The van der Waals surface area contributed by atoms with Crippen molar-refractivity contribution < 1.29 is 8.42 Å². The van der Waals surface area contributed by atoms with Crippen molar-refractivity contribution in [2.24, 2.45) is 0 Å². The van der Waals surface area contributed by atoms with Crippen LogP contribution < -0.4 is 5.32 Å². The lowest BCUT2D eigenvalue weighted by molar-refractivity contribution is 0.337. The van der Waals surface area contributed by atoms with E-state index in [4.69, 9.17) is 0 Å². The fourth-order valence-electron chi connectivity index (χ4n) is 2.56. The summed E-state index contributed by atoms with van der Waals surface area (Å²) < 4.78 is 26.3. The van der Waals surface area contributed by atoms with Crippen LogP contribution in [0, 0.1) is 0 Å². The van der Waals surface area contributed by atoms with Crippen molar-refractivity contribution in [3.05, 3.63) is 0 Å². The van der Waals surface area contributed by atoms with E-state index in [1.807, 2.05) is 20.8 Å². The van der Waals surface area contributed by atoms with Crippen molar-refractivity contribution in [1.82, 2.24) is 9.62 Å². The van der Waals surface area contributed by atoms with Crippen LogP contribution in [0.5, 0.6) is 0 Å². The molecule has 0 aliphatic carbocycles. The average molecular weight is 276 g/mol. The second-order valence-corrected chi connectivity index (χ2v) is 7.25. The van der Waals surface area contributed by atoms with Gasteiger partial charge in [0.25, 0.3) is 0 Å². The Balaban J connectivity index is 2.51. The van der Waals surface area contributed by atoms with Gasteiger partial charge in [0.2, 0.25) is 10.0 Å². The minimum atomic E-state index is -3.09. The summed E-state index contributed by atoms with van der Waals surface area (Å²) in [4.78, 5) is 0. The number of rotatable bonds is 7. The van der Waals surface area contributed by atoms with Gasteiger partial charge in [-0.1, -0.05) is 20.3 Å². The van der Waals surface area contributed by atoms with Crippen LogP contribution in [-0.2, 0) is 10.0 Å². The van der Waals surface area contributed by atoms with E-state index >= 15 is 0 Å². The number of nitrogens with one attached hydrogen (secondary N) is 1. The van der Waals surface area contributed by atoms with Crippen LogP contribution in [0.4, 0.5) is 0 Å². The van der Waals surface area contributed by atoms with E-state index in [1.165, 1.54) is 12.8 Å². The predicted molar refractivity (Wildman–Crippen MR) is 76.2 cm³/mol. The number of piperidine rings is 1. The first-order chi connectivity index (χ1) is 8.51. The van der Waals surface area contributed by atoms with Gasteiger partial charge in [0, 0.05) is 18.6 Å². The summed E-state index contributed by atoms with van der Waals surface area (Å²) in [5.41, 5.74) is 0. The highest BCUT2D eigenvalue weighted by molar-refractivity contribution is 7.89. The van der Waals surface area contributed by atoms with Gasteiger partial charge in [0.05, 0.1) is 5.75 Å². The van der Waals surface area contributed by atoms with E-state index in [2.05, 4.69) is 5.32 Å². The van der Waals surface area contributed by atoms with Gasteiger partial charge in [-0.25, -0.2) is 8.42 Å². The molecular formula is C13H28N2O2S. The Morgan fingerprint density at radius 2 is 2.06 bits per heavy atom. The van der Waals surface area contributed by atoms with Gasteiger partial charge < -0.3 is 5.32 Å². The number of nitrogens with zero attached hydrogens (tertiary/aromatic N) is 1. The first-order valence-corrected chi connectivity index (χ1v) is 8.85. The molecule has 1 saturated heterocycles. The van der Waals surface area contributed by atoms with Gasteiger partial charge in [-0.15, -0.1) is 0 Å². The molecule has 0 spiro atoms. The zero-order valence-corrected chi connectivity index (χ0v) is 12.8. The molecule has 0 saturated carbocycles. The van der Waals surface area contributed by atoms with E-state index in [9.17, 15) is 8.42 Å². The molecule has 0 radical (unpaired) electrons. The highest BCUT2D eigenvalue weighted by Crippen LogP contribution is 2.15. The smallest absolute Gasteiger partial charge is 0.214 e. The Bertz CT molecular complexity index is 324. The third-order valence-corrected chi connectivity index (χ3v) is 5.97. The maximum absolute atomic E-state index is 12.3. The Morgan fingerprint density at radius 1 is 1.33 bits per heavy atom. The molecule has 5 heteroatoms. The Kier molecular flexibility index (Phi) is 6.60. The van der Waals surface area contributed by atoms with Gasteiger partial charge >= 0.3 is 0 Å². The van der Waals surface area contributed by atoms with Crippen molar-refractivity contribution in [1.29, 1.82) is 0 Å². The minimum Gasteiger partial charge on any atom is -0.314 e. The molecule has 0 bridgehead atoms. The fourth-order valence-corrected chi connectivity index (χ4v) is 4.47. The quantitative estimate of drug-likeness (QED) is 0.773. The van der Waals surface area contributed by atoms with E-state index in [1.54, 1.807) is 4.31 Å². The van der Waals surface area contributed by atoms with Gasteiger partial charge in [-0.2, -0.15) is 4.31 Å². The molecule has 1 N–H and O–H groups in total. The molecule has 18 heavy (non-hydrogen) atoms. The van der Waals surface area contributed by atoms with Crippen molar-refractivity contribution in [2.45, 2.75) is 65.0 Å². The standard InChI is InChI=1S/C13H28N2O2S/c1-4-12(3)15(5-2)18(16,17)11-9-13-8-6-7-10-14-13/h12-14H,4-11H2,1-3H3. The summed E-state index contributed by atoms with van der Waals surface area (Å²) in [5, 5.41) is 3.41.